The Labute approximate surface area is 109 Å². The van der Waals surface area contributed by atoms with Gasteiger partial charge in [-0.15, -0.1) is 0 Å². The Bertz CT molecular complexity index is 476. The highest BCUT2D eigenvalue weighted by molar-refractivity contribution is 7.92. The van der Waals surface area contributed by atoms with Gasteiger partial charge in [0.15, 0.2) is 0 Å². The summed E-state index contributed by atoms with van der Waals surface area (Å²) in [6, 6.07) is 7.66. The fourth-order valence-corrected chi connectivity index (χ4v) is 2.92. The van der Waals surface area contributed by atoms with E-state index in [4.69, 9.17) is 0 Å². The van der Waals surface area contributed by atoms with Gasteiger partial charge in [-0.25, -0.2) is 8.42 Å². The van der Waals surface area contributed by atoms with Crippen molar-refractivity contribution in [3.8, 4) is 0 Å². The molecule has 1 aromatic carbocycles. The van der Waals surface area contributed by atoms with Gasteiger partial charge in [0, 0.05) is 5.69 Å². The zero-order chi connectivity index (χ0) is 13.0. The summed E-state index contributed by atoms with van der Waals surface area (Å²) in [7, 11) is -3.18. The molecule has 18 heavy (non-hydrogen) atoms. The molecule has 1 atom stereocenters. The van der Waals surface area contributed by atoms with Crippen LogP contribution in [-0.4, -0.2) is 27.8 Å². The molecule has 1 heterocycles. The Kier molecular flexibility index (Phi) is 4.24. The minimum Gasteiger partial charge on any atom is -0.316 e. The number of nitrogens with one attached hydrogen (secondary N) is 2. The molecule has 0 amide bonds. The van der Waals surface area contributed by atoms with Crippen molar-refractivity contribution in [3.05, 3.63) is 29.8 Å². The van der Waals surface area contributed by atoms with E-state index in [-0.39, 0.29) is 0 Å². The summed E-state index contributed by atoms with van der Waals surface area (Å²) in [6.07, 6.45) is 4.75. The highest BCUT2D eigenvalue weighted by atomic mass is 32.2. The van der Waals surface area contributed by atoms with Crippen molar-refractivity contribution in [3.63, 3.8) is 0 Å². The second kappa shape index (κ2) is 5.71. The first-order chi connectivity index (χ1) is 8.53. The molecule has 0 radical (unpaired) electrons. The molecule has 0 spiro atoms. The minimum absolute atomic E-state index is 0.628. The third-order valence-corrected chi connectivity index (χ3v) is 3.79. The Morgan fingerprint density at radius 2 is 2.06 bits per heavy atom. The van der Waals surface area contributed by atoms with E-state index in [2.05, 4.69) is 10.0 Å². The Hall–Kier alpha value is -1.07. The van der Waals surface area contributed by atoms with E-state index < -0.39 is 10.0 Å². The second-order valence-electron chi connectivity index (χ2n) is 4.99. The third-order valence-electron chi connectivity index (χ3n) is 3.18. The molecule has 5 heteroatoms. The topological polar surface area (TPSA) is 58.2 Å². The molecule has 100 valence electrons. The van der Waals surface area contributed by atoms with E-state index in [1.807, 2.05) is 24.3 Å². The maximum absolute atomic E-state index is 11.1. The summed E-state index contributed by atoms with van der Waals surface area (Å²) >= 11 is 0. The van der Waals surface area contributed by atoms with Crippen LogP contribution in [0.4, 0.5) is 5.69 Å². The van der Waals surface area contributed by atoms with Gasteiger partial charge in [0.05, 0.1) is 6.26 Å². The fourth-order valence-electron chi connectivity index (χ4n) is 2.35. The number of piperidine rings is 1. The monoisotopic (exact) mass is 268 g/mol. The maximum atomic E-state index is 11.1. The molecule has 1 unspecified atom stereocenters. The first-order valence-corrected chi connectivity index (χ1v) is 8.19. The molecular weight excluding hydrogens is 248 g/mol. The average molecular weight is 268 g/mol. The number of rotatable bonds is 4. The highest BCUT2D eigenvalue weighted by Crippen LogP contribution is 2.18. The molecule has 4 nitrogen and oxygen atoms in total. The summed E-state index contributed by atoms with van der Waals surface area (Å²) in [5.41, 5.74) is 1.89. The van der Waals surface area contributed by atoms with Gasteiger partial charge < -0.3 is 5.32 Å². The molecule has 1 fully saturated rings. The number of benzene rings is 1. The quantitative estimate of drug-likeness (QED) is 0.872. The summed E-state index contributed by atoms with van der Waals surface area (Å²) in [6.45, 7) is 2.22. The second-order valence-corrected chi connectivity index (χ2v) is 6.74. The van der Waals surface area contributed by atoms with E-state index in [1.165, 1.54) is 18.4 Å². The summed E-state index contributed by atoms with van der Waals surface area (Å²) < 4.78 is 24.6. The van der Waals surface area contributed by atoms with Gasteiger partial charge in [-0.1, -0.05) is 12.1 Å². The van der Waals surface area contributed by atoms with Crippen molar-refractivity contribution in [2.75, 3.05) is 24.1 Å². The number of sulfonamides is 1. The Balaban J connectivity index is 1.94. The van der Waals surface area contributed by atoms with E-state index in [9.17, 15) is 8.42 Å². The minimum atomic E-state index is -3.18. The molecule has 0 saturated carbocycles. The number of hydrogen-bond donors (Lipinski definition) is 2. The van der Waals surface area contributed by atoms with Gasteiger partial charge in [-0.2, -0.15) is 0 Å². The summed E-state index contributed by atoms with van der Waals surface area (Å²) in [4.78, 5) is 0. The standard InChI is InChI=1S/C13H20N2O2S/c1-18(16,17)15-13-6-4-11(5-7-13)9-12-3-2-8-14-10-12/h4-7,12,14-15H,2-3,8-10H2,1H3. The van der Waals surface area contributed by atoms with Gasteiger partial charge in [-0.3, -0.25) is 4.72 Å². The fraction of sp³-hybridized carbons (Fsp3) is 0.538. The molecular formula is C13H20N2O2S. The van der Waals surface area contributed by atoms with Gasteiger partial charge in [0.1, 0.15) is 0 Å². The maximum Gasteiger partial charge on any atom is 0.229 e. The van der Waals surface area contributed by atoms with Gasteiger partial charge in [0.2, 0.25) is 10.0 Å². The molecule has 1 aliphatic heterocycles. The summed E-state index contributed by atoms with van der Waals surface area (Å²) in [5.74, 6) is 0.701. The lowest BCUT2D eigenvalue weighted by molar-refractivity contribution is 0.376. The predicted octanol–water partition coefficient (Wildman–Crippen LogP) is 1.60. The van der Waals surface area contributed by atoms with Crippen LogP contribution in [0.1, 0.15) is 18.4 Å². The van der Waals surface area contributed by atoms with Crippen molar-refractivity contribution in [1.82, 2.24) is 5.32 Å². The van der Waals surface area contributed by atoms with Crippen molar-refractivity contribution < 1.29 is 8.42 Å². The lowest BCUT2D eigenvalue weighted by Gasteiger charge is -2.22. The van der Waals surface area contributed by atoms with E-state index in [0.717, 1.165) is 25.8 Å². The Morgan fingerprint density at radius 3 is 2.61 bits per heavy atom. The van der Waals surface area contributed by atoms with Crippen LogP contribution < -0.4 is 10.0 Å². The van der Waals surface area contributed by atoms with Gasteiger partial charge in [-0.05, 0) is 56.0 Å². The molecule has 1 aliphatic rings. The van der Waals surface area contributed by atoms with Crippen LogP contribution in [0.5, 0.6) is 0 Å². The zero-order valence-electron chi connectivity index (χ0n) is 10.6. The number of anilines is 1. The van der Waals surface area contributed by atoms with Crippen LogP contribution in [-0.2, 0) is 16.4 Å². The molecule has 0 bridgehead atoms. The van der Waals surface area contributed by atoms with Crippen LogP contribution in [0.15, 0.2) is 24.3 Å². The molecule has 1 aromatic rings. The van der Waals surface area contributed by atoms with Crippen LogP contribution >= 0.6 is 0 Å². The third kappa shape index (κ3) is 4.31. The van der Waals surface area contributed by atoms with Crippen LogP contribution in [0.2, 0.25) is 0 Å². The van der Waals surface area contributed by atoms with Gasteiger partial charge in [0.25, 0.3) is 0 Å². The van der Waals surface area contributed by atoms with Crippen molar-refractivity contribution in [2.45, 2.75) is 19.3 Å². The molecule has 2 rings (SSSR count). The first kappa shape index (κ1) is 13.4. The average Bonchev–Trinajstić information content (AvgIpc) is 2.31. The lowest BCUT2D eigenvalue weighted by Crippen LogP contribution is -2.30. The largest absolute Gasteiger partial charge is 0.316 e. The lowest BCUT2D eigenvalue weighted by atomic mass is 9.92. The van der Waals surface area contributed by atoms with Crippen molar-refractivity contribution >= 4 is 15.7 Å². The van der Waals surface area contributed by atoms with E-state index in [0.29, 0.717) is 11.6 Å². The highest BCUT2D eigenvalue weighted by Gasteiger charge is 2.13. The van der Waals surface area contributed by atoms with Gasteiger partial charge >= 0.3 is 0 Å². The summed E-state index contributed by atoms with van der Waals surface area (Å²) in [5, 5.41) is 3.41. The smallest absolute Gasteiger partial charge is 0.229 e. The molecule has 1 saturated heterocycles. The number of hydrogen-bond acceptors (Lipinski definition) is 3. The first-order valence-electron chi connectivity index (χ1n) is 6.30. The van der Waals surface area contributed by atoms with Crippen LogP contribution in [0.3, 0.4) is 0 Å². The Morgan fingerprint density at radius 1 is 1.33 bits per heavy atom. The zero-order valence-corrected chi connectivity index (χ0v) is 11.5. The van der Waals surface area contributed by atoms with Crippen LogP contribution in [0, 0.1) is 5.92 Å². The van der Waals surface area contributed by atoms with E-state index in [1.54, 1.807) is 0 Å². The molecule has 0 aromatic heterocycles. The van der Waals surface area contributed by atoms with Crippen LogP contribution in [0.25, 0.3) is 0 Å². The van der Waals surface area contributed by atoms with E-state index >= 15 is 0 Å². The van der Waals surface area contributed by atoms with Crippen molar-refractivity contribution in [2.24, 2.45) is 5.92 Å². The molecule has 0 aliphatic carbocycles. The normalized spacial score (nSPS) is 20.6. The predicted molar refractivity (Wildman–Crippen MR) is 74.2 cm³/mol. The molecule has 2 N–H and O–H groups in total. The SMILES string of the molecule is CS(=O)(=O)Nc1ccc(CC2CCCNC2)cc1. The van der Waals surface area contributed by atoms with Crippen molar-refractivity contribution in [1.29, 1.82) is 0 Å².